The first kappa shape index (κ1) is 22.4. The second-order valence-corrected chi connectivity index (χ2v) is 7.33. The third-order valence-electron chi connectivity index (χ3n) is 4.23. The van der Waals surface area contributed by atoms with Gasteiger partial charge in [-0.2, -0.15) is 4.89 Å². The molecule has 0 N–H and O–H groups in total. The van der Waals surface area contributed by atoms with Crippen LogP contribution in [0.25, 0.3) is 0 Å². The summed E-state index contributed by atoms with van der Waals surface area (Å²) >= 11 is 0. The van der Waals surface area contributed by atoms with Gasteiger partial charge in [-0.3, -0.25) is 4.89 Å². The van der Waals surface area contributed by atoms with Gasteiger partial charge < -0.3 is 0 Å². The lowest BCUT2D eigenvalue weighted by atomic mass is 10.0. The first-order valence-electron chi connectivity index (χ1n) is 9.90. The van der Waals surface area contributed by atoms with Crippen molar-refractivity contribution in [3.8, 4) is 0 Å². The molecule has 0 fully saturated rings. The Morgan fingerprint density at radius 2 is 1.22 bits per heavy atom. The molecular formula is C20H40O3. The van der Waals surface area contributed by atoms with Gasteiger partial charge in [-0.1, -0.05) is 84.5 Å². The summed E-state index contributed by atoms with van der Waals surface area (Å²) in [6.45, 7) is 8.34. The molecule has 0 heterocycles. The van der Waals surface area contributed by atoms with Crippen LogP contribution < -0.4 is 0 Å². The van der Waals surface area contributed by atoms with Gasteiger partial charge in [-0.25, -0.2) is 4.79 Å². The molecular weight excluding hydrogens is 288 g/mol. The van der Waals surface area contributed by atoms with E-state index >= 15 is 0 Å². The Balaban J connectivity index is 3.40. The molecule has 0 saturated carbocycles. The smallest absolute Gasteiger partial charge is 0.298 e. The van der Waals surface area contributed by atoms with Gasteiger partial charge in [0.25, 0.3) is 0 Å². The molecule has 138 valence electrons. The summed E-state index contributed by atoms with van der Waals surface area (Å²) in [4.78, 5) is 21.9. The lowest BCUT2D eigenvalue weighted by molar-refractivity contribution is -0.326. The summed E-state index contributed by atoms with van der Waals surface area (Å²) in [5, 5.41) is 0. The van der Waals surface area contributed by atoms with Crippen molar-refractivity contribution >= 4 is 5.97 Å². The van der Waals surface area contributed by atoms with E-state index in [2.05, 4.69) is 13.8 Å². The molecule has 0 aromatic rings. The number of unbranched alkanes of at least 4 members (excludes halogenated alkanes) is 10. The van der Waals surface area contributed by atoms with Crippen molar-refractivity contribution in [1.82, 2.24) is 0 Å². The maximum atomic E-state index is 11.7. The molecule has 23 heavy (non-hydrogen) atoms. The van der Waals surface area contributed by atoms with E-state index in [4.69, 9.17) is 9.78 Å². The Labute approximate surface area is 144 Å². The van der Waals surface area contributed by atoms with Crippen LogP contribution in [0.2, 0.25) is 0 Å². The van der Waals surface area contributed by atoms with Crippen LogP contribution in [0.15, 0.2) is 0 Å². The summed E-state index contributed by atoms with van der Waals surface area (Å²) in [6.07, 6.45) is 16.3. The van der Waals surface area contributed by atoms with Crippen LogP contribution in [0.1, 0.15) is 118 Å². The monoisotopic (exact) mass is 328 g/mol. The van der Waals surface area contributed by atoms with Crippen molar-refractivity contribution in [2.24, 2.45) is 0 Å². The van der Waals surface area contributed by atoms with Gasteiger partial charge in [0.2, 0.25) is 0 Å². The van der Waals surface area contributed by atoms with Crippen LogP contribution in [-0.4, -0.2) is 11.6 Å². The van der Waals surface area contributed by atoms with E-state index in [0.29, 0.717) is 6.42 Å². The quantitative estimate of drug-likeness (QED) is 0.179. The Hall–Kier alpha value is -0.570. The zero-order valence-corrected chi connectivity index (χ0v) is 16.1. The van der Waals surface area contributed by atoms with Crippen molar-refractivity contribution in [3.05, 3.63) is 0 Å². The molecule has 0 spiro atoms. The summed E-state index contributed by atoms with van der Waals surface area (Å²) in [5.74, 6) is -0.228. The van der Waals surface area contributed by atoms with E-state index < -0.39 is 0 Å². The largest absolute Gasteiger partial charge is 0.342 e. The molecule has 0 aromatic carbocycles. The summed E-state index contributed by atoms with van der Waals surface area (Å²) in [7, 11) is 0. The fraction of sp³-hybridized carbons (Fsp3) is 0.950. The summed E-state index contributed by atoms with van der Waals surface area (Å²) in [5.41, 5.74) is -0.372. The molecule has 0 aliphatic heterocycles. The lowest BCUT2D eigenvalue weighted by Crippen LogP contribution is -2.26. The van der Waals surface area contributed by atoms with E-state index in [9.17, 15) is 4.79 Å². The predicted molar refractivity (Wildman–Crippen MR) is 97.2 cm³/mol. The van der Waals surface area contributed by atoms with Crippen molar-refractivity contribution in [3.63, 3.8) is 0 Å². The minimum Gasteiger partial charge on any atom is -0.298 e. The van der Waals surface area contributed by atoms with Gasteiger partial charge >= 0.3 is 5.97 Å². The highest BCUT2D eigenvalue weighted by molar-refractivity contribution is 5.68. The van der Waals surface area contributed by atoms with Crippen molar-refractivity contribution < 1.29 is 14.6 Å². The molecule has 0 unspecified atom stereocenters. The molecule has 0 bridgehead atoms. The molecule has 0 amide bonds. The second-order valence-electron chi connectivity index (χ2n) is 7.33. The first-order chi connectivity index (χ1) is 11.0. The van der Waals surface area contributed by atoms with Gasteiger partial charge in [-0.05, 0) is 26.7 Å². The lowest BCUT2D eigenvalue weighted by Gasteiger charge is -2.22. The van der Waals surface area contributed by atoms with Crippen molar-refractivity contribution in [2.75, 3.05) is 0 Å². The fourth-order valence-electron chi connectivity index (χ4n) is 2.60. The first-order valence-corrected chi connectivity index (χ1v) is 9.90. The summed E-state index contributed by atoms with van der Waals surface area (Å²) < 4.78 is 0. The highest BCUT2D eigenvalue weighted by atomic mass is 17.2. The highest BCUT2D eigenvalue weighted by Gasteiger charge is 2.21. The highest BCUT2D eigenvalue weighted by Crippen LogP contribution is 2.19. The van der Waals surface area contributed by atoms with Crippen LogP contribution in [0, 0.1) is 0 Å². The molecule has 0 aliphatic carbocycles. The molecule has 3 nitrogen and oxygen atoms in total. The summed E-state index contributed by atoms with van der Waals surface area (Å²) in [6, 6.07) is 0. The molecule has 0 atom stereocenters. The number of hydrogen-bond donors (Lipinski definition) is 0. The van der Waals surface area contributed by atoms with Crippen LogP contribution in [-0.2, 0) is 14.6 Å². The van der Waals surface area contributed by atoms with Gasteiger partial charge in [0.05, 0.1) is 0 Å². The molecule has 3 heteroatoms. The average Bonchev–Trinajstić information content (AvgIpc) is 2.53. The van der Waals surface area contributed by atoms with Gasteiger partial charge in [0.15, 0.2) is 0 Å². The van der Waals surface area contributed by atoms with Crippen LogP contribution >= 0.6 is 0 Å². The van der Waals surface area contributed by atoms with E-state index in [1.165, 1.54) is 51.4 Å². The van der Waals surface area contributed by atoms with Gasteiger partial charge in [0.1, 0.15) is 5.60 Å². The molecule has 0 radical (unpaired) electrons. The van der Waals surface area contributed by atoms with Crippen molar-refractivity contribution in [1.29, 1.82) is 0 Å². The number of carbonyl (C=O) groups excluding carboxylic acids is 1. The van der Waals surface area contributed by atoms with Crippen molar-refractivity contribution in [2.45, 2.75) is 123 Å². The van der Waals surface area contributed by atoms with Crippen LogP contribution in [0.4, 0.5) is 0 Å². The molecule has 0 saturated heterocycles. The van der Waals surface area contributed by atoms with E-state index in [-0.39, 0.29) is 11.6 Å². The minimum absolute atomic E-state index is 0.228. The predicted octanol–water partition coefficient (Wildman–Crippen LogP) is 6.74. The van der Waals surface area contributed by atoms with Gasteiger partial charge in [0, 0.05) is 6.42 Å². The van der Waals surface area contributed by atoms with Crippen LogP contribution in [0.5, 0.6) is 0 Å². The zero-order valence-electron chi connectivity index (χ0n) is 16.1. The van der Waals surface area contributed by atoms with Crippen LogP contribution in [0.3, 0.4) is 0 Å². The molecule has 0 aliphatic rings. The standard InChI is InChI=1S/C20H40O3/c1-5-7-9-10-11-12-13-14-15-16-17-19(21)22-23-20(3,4)18-8-6-2/h5-18H2,1-4H3. The molecule has 0 rings (SSSR count). The number of carbonyl (C=O) groups is 1. The fourth-order valence-corrected chi connectivity index (χ4v) is 2.60. The van der Waals surface area contributed by atoms with E-state index in [0.717, 1.165) is 32.1 Å². The number of hydrogen-bond acceptors (Lipinski definition) is 3. The minimum atomic E-state index is -0.372. The van der Waals surface area contributed by atoms with Gasteiger partial charge in [-0.15, -0.1) is 0 Å². The Morgan fingerprint density at radius 1 is 0.739 bits per heavy atom. The molecule has 0 aromatic heterocycles. The normalized spacial score (nSPS) is 11.7. The maximum Gasteiger partial charge on any atom is 0.342 e. The number of rotatable bonds is 16. The zero-order chi connectivity index (χ0) is 17.4. The average molecular weight is 329 g/mol. The Kier molecular flexibility index (Phi) is 14.6. The topological polar surface area (TPSA) is 35.5 Å². The Morgan fingerprint density at radius 3 is 1.74 bits per heavy atom. The third-order valence-corrected chi connectivity index (χ3v) is 4.23. The Bertz CT molecular complexity index is 274. The van der Waals surface area contributed by atoms with E-state index in [1.807, 2.05) is 13.8 Å². The van der Waals surface area contributed by atoms with E-state index in [1.54, 1.807) is 0 Å². The maximum absolute atomic E-state index is 11.7. The SMILES string of the molecule is CCCCCCCCCCCCC(=O)OOC(C)(C)CCCC. The third kappa shape index (κ3) is 16.1. The second kappa shape index (κ2) is 15.0.